The summed E-state index contributed by atoms with van der Waals surface area (Å²) in [6.07, 6.45) is 3.95. The van der Waals surface area contributed by atoms with Crippen LogP contribution in [0.15, 0.2) is 0 Å². The average Bonchev–Trinajstić information content (AvgIpc) is 2.36. The maximum Gasteiger partial charge on any atom is 0.332 e. The lowest BCUT2D eigenvalue weighted by Crippen LogP contribution is -2.35. The van der Waals surface area contributed by atoms with Gasteiger partial charge in [0, 0.05) is 19.7 Å². The maximum absolute atomic E-state index is 11.0. The molecule has 1 fully saturated rings. The van der Waals surface area contributed by atoms with E-state index in [9.17, 15) is 4.79 Å². The summed E-state index contributed by atoms with van der Waals surface area (Å²) in [7, 11) is 2.05. The minimum Gasteiger partial charge on any atom is -0.464 e. The quantitative estimate of drug-likeness (QED) is 0.482. The van der Waals surface area contributed by atoms with Crippen LogP contribution in [0.4, 0.5) is 0 Å². The molecule has 106 valence electrons. The van der Waals surface area contributed by atoms with E-state index in [1.165, 1.54) is 12.8 Å². The molecule has 0 bridgehead atoms. The molecule has 0 saturated carbocycles. The van der Waals surface area contributed by atoms with Gasteiger partial charge in [0.25, 0.3) is 0 Å². The summed E-state index contributed by atoms with van der Waals surface area (Å²) in [5.74, 6) is -0.296. The molecule has 0 aliphatic carbocycles. The first-order valence-corrected chi connectivity index (χ1v) is 6.76. The third kappa shape index (κ3) is 6.93. The Labute approximate surface area is 109 Å². The van der Waals surface area contributed by atoms with Crippen molar-refractivity contribution in [3.63, 3.8) is 0 Å². The highest BCUT2D eigenvalue weighted by Gasteiger charge is 2.15. The van der Waals surface area contributed by atoms with E-state index in [-0.39, 0.29) is 12.6 Å². The van der Waals surface area contributed by atoms with Crippen molar-refractivity contribution in [1.29, 1.82) is 0 Å². The van der Waals surface area contributed by atoms with E-state index in [1.54, 1.807) is 6.92 Å². The second-order valence-electron chi connectivity index (χ2n) is 4.61. The molecule has 0 aromatic heterocycles. The van der Waals surface area contributed by atoms with Crippen molar-refractivity contribution in [2.75, 3.05) is 46.6 Å². The first-order valence-electron chi connectivity index (χ1n) is 6.76. The summed E-state index contributed by atoms with van der Waals surface area (Å²) in [5, 5.41) is 0. The molecule has 1 aliphatic rings. The van der Waals surface area contributed by atoms with Crippen LogP contribution >= 0.6 is 0 Å². The van der Waals surface area contributed by atoms with Gasteiger partial charge in [-0.1, -0.05) is 0 Å². The lowest BCUT2D eigenvalue weighted by Gasteiger charge is -2.27. The second kappa shape index (κ2) is 9.30. The normalized spacial score (nSPS) is 20.1. The highest BCUT2D eigenvalue weighted by molar-refractivity contribution is 5.70. The van der Waals surface area contributed by atoms with Gasteiger partial charge >= 0.3 is 5.97 Å². The fourth-order valence-electron chi connectivity index (χ4n) is 1.97. The summed E-state index contributed by atoms with van der Waals surface area (Å²) in [4.78, 5) is 13.2. The molecule has 0 amide bonds. The standard InChI is InChI=1S/C13H25NO4/c1-3-17-13(15)11-16-9-7-14(2)10-12-6-4-5-8-18-12/h12H,3-11H2,1-2H3. The first kappa shape index (κ1) is 15.4. The molecule has 0 N–H and O–H groups in total. The number of carbonyl (C=O) groups is 1. The molecule has 1 unspecified atom stereocenters. The Balaban J connectivity index is 1.99. The van der Waals surface area contributed by atoms with Gasteiger partial charge in [-0.05, 0) is 33.2 Å². The number of ether oxygens (including phenoxy) is 3. The van der Waals surface area contributed by atoms with Crippen LogP contribution in [0, 0.1) is 0 Å². The molecule has 5 nitrogen and oxygen atoms in total. The summed E-state index contributed by atoms with van der Waals surface area (Å²) >= 11 is 0. The van der Waals surface area contributed by atoms with Crippen molar-refractivity contribution in [1.82, 2.24) is 4.90 Å². The lowest BCUT2D eigenvalue weighted by molar-refractivity contribution is -0.148. The molecule has 0 aromatic carbocycles. The van der Waals surface area contributed by atoms with Gasteiger partial charge in [0.1, 0.15) is 6.61 Å². The van der Waals surface area contributed by atoms with Crippen molar-refractivity contribution in [3.8, 4) is 0 Å². The Morgan fingerprint density at radius 2 is 2.28 bits per heavy atom. The fourth-order valence-corrected chi connectivity index (χ4v) is 1.97. The van der Waals surface area contributed by atoms with Crippen LogP contribution in [0.3, 0.4) is 0 Å². The molecule has 18 heavy (non-hydrogen) atoms. The zero-order valence-electron chi connectivity index (χ0n) is 11.5. The van der Waals surface area contributed by atoms with E-state index < -0.39 is 0 Å². The van der Waals surface area contributed by atoms with Crippen LogP contribution in [0.5, 0.6) is 0 Å². The Kier molecular flexibility index (Phi) is 7.96. The SMILES string of the molecule is CCOC(=O)COCCN(C)CC1CCCCO1. The second-order valence-corrected chi connectivity index (χ2v) is 4.61. The van der Waals surface area contributed by atoms with E-state index in [0.29, 0.717) is 19.3 Å². The van der Waals surface area contributed by atoms with Gasteiger partial charge in [0.2, 0.25) is 0 Å². The third-order valence-electron chi connectivity index (χ3n) is 2.93. The van der Waals surface area contributed by atoms with Crippen molar-refractivity contribution < 1.29 is 19.0 Å². The van der Waals surface area contributed by atoms with Crippen LogP contribution in [0.25, 0.3) is 0 Å². The highest BCUT2D eigenvalue weighted by Crippen LogP contribution is 2.13. The third-order valence-corrected chi connectivity index (χ3v) is 2.93. The zero-order valence-corrected chi connectivity index (χ0v) is 11.5. The number of esters is 1. The number of rotatable bonds is 8. The van der Waals surface area contributed by atoms with E-state index >= 15 is 0 Å². The van der Waals surface area contributed by atoms with Crippen molar-refractivity contribution in [2.24, 2.45) is 0 Å². The zero-order chi connectivity index (χ0) is 13.2. The number of hydrogen-bond acceptors (Lipinski definition) is 5. The van der Waals surface area contributed by atoms with Gasteiger partial charge in [-0.15, -0.1) is 0 Å². The molecule has 0 spiro atoms. The van der Waals surface area contributed by atoms with Crippen molar-refractivity contribution >= 4 is 5.97 Å². The fraction of sp³-hybridized carbons (Fsp3) is 0.923. The Hall–Kier alpha value is -0.650. The number of likely N-dealkylation sites (N-methyl/N-ethyl adjacent to an activating group) is 1. The van der Waals surface area contributed by atoms with Crippen LogP contribution < -0.4 is 0 Å². The molecule has 1 saturated heterocycles. The Bertz CT molecular complexity index is 229. The summed E-state index contributed by atoms with van der Waals surface area (Å²) < 4.78 is 15.7. The predicted molar refractivity (Wildman–Crippen MR) is 68.5 cm³/mol. The monoisotopic (exact) mass is 259 g/mol. The number of carbonyl (C=O) groups excluding carboxylic acids is 1. The number of hydrogen-bond donors (Lipinski definition) is 0. The molecule has 1 aliphatic heterocycles. The lowest BCUT2D eigenvalue weighted by atomic mass is 10.1. The minimum absolute atomic E-state index is 0.0433. The van der Waals surface area contributed by atoms with Crippen LogP contribution in [0.2, 0.25) is 0 Å². The first-order chi connectivity index (χ1) is 8.72. The Morgan fingerprint density at radius 3 is 2.94 bits per heavy atom. The molecule has 0 radical (unpaired) electrons. The summed E-state index contributed by atoms with van der Waals surface area (Å²) in [6.45, 7) is 5.40. The average molecular weight is 259 g/mol. The van der Waals surface area contributed by atoms with Crippen molar-refractivity contribution in [3.05, 3.63) is 0 Å². The van der Waals surface area contributed by atoms with Crippen LogP contribution in [-0.4, -0.2) is 63.5 Å². The van der Waals surface area contributed by atoms with Gasteiger partial charge in [0.05, 0.1) is 19.3 Å². The molecule has 1 heterocycles. The number of nitrogens with zero attached hydrogens (tertiary/aromatic N) is 1. The smallest absolute Gasteiger partial charge is 0.332 e. The van der Waals surface area contributed by atoms with Gasteiger partial charge < -0.3 is 19.1 Å². The highest BCUT2D eigenvalue weighted by atomic mass is 16.6. The van der Waals surface area contributed by atoms with E-state index in [1.807, 2.05) is 7.05 Å². The molecular formula is C13H25NO4. The van der Waals surface area contributed by atoms with Gasteiger partial charge in [-0.2, -0.15) is 0 Å². The Morgan fingerprint density at radius 1 is 1.44 bits per heavy atom. The molecular weight excluding hydrogens is 234 g/mol. The molecule has 1 atom stereocenters. The summed E-state index contributed by atoms with van der Waals surface area (Å²) in [5.41, 5.74) is 0. The van der Waals surface area contributed by atoms with E-state index in [0.717, 1.165) is 26.1 Å². The van der Waals surface area contributed by atoms with Gasteiger partial charge in [0.15, 0.2) is 0 Å². The predicted octanol–water partition coefficient (Wildman–Crippen LogP) is 1.07. The molecule has 5 heteroatoms. The van der Waals surface area contributed by atoms with Crippen LogP contribution in [0.1, 0.15) is 26.2 Å². The summed E-state index contributed by atoms with van der Waals surface area (Å²) in [6, 6.07) is 0. The van der Waals surface area contributed by atoms with E-state index in [2.05, 4.69) is 4.90 Å². The maximum atomic E-state index is 11.0. The van der Waals surface area contributed by atoms with E-state index in [4.69, 9.17) is 14.2 Å². The minimum atomic E-state index is -0.296. The van der Waals surface area contributed by atoms with Gasteiger partial charge in [-0.3, -0.25) is 0 Å². The largest absolute Gasteiger partial charge is 0.464 e. The molecule has 1 rings (SSSR count). The molecule has 0 aromatic rings. The topological polar surface area (TPSA) is 48.0 Å². The van der Waals surface area contributed by atoms with Gasteiger partial charge in [-0.25, -0.2) is 4.79 Å². The van der Waals surface area contributed by atoms with Crippen molar-refractivity contribution in [2.45, 2.75) is 32.3 Å². The van der Waals surface area contributed by atoms with Crippen LogP contribution in [-0.2, 0) is 19.0 Å².